The van der Waals surface area contributed by atoms with E-state index in [1.54, 1.807) is 0 Å². The van der Waals surface area contributed by atoms with Crippen LogP contribution in [0, 0.1) is 5.92 Å². The minimum absolute atomic E-state index is 0.901. The van der Waals surface area contributed by atoms with Crippen molar-refractivity contribution in [2.45, 2.75) is 71.1 Å². The summed E-state index contributed by atoms with van der Waals surface area (Å²) in [5, 5.41) is 0. The van der Waals surface area contributed by atoms with Crippen LogP contribution < -0.4 is 0 Å². The van der Waals surface area contributed by atoms with E-state index in [1.165, 1.54) is 75.3 Å². The summed E-state index contributed by atoms with van der Waals surface area (Å²) in [6.07, 6.45) is 13.6. The SMILES string of the molecule is CC(CCCCCc1ccccc1)CCCCCc1ccccc1. The molecule has 0 heterocycles. The van der Waals surface area contributed by atoms with Crippen LogP contribution in [-0.4, -0.2) is 0 Å². The number of rotatable bonds is 12. The summed E-state index contributed by atoms with van der Waals surface area (Å²) in [7, 11) is 0. The highest BCUT2D eigenvalue weighted by Crippen LogP contribution is 2.18. The third-order valence-electron chi connectivity index (χ3n) is 5.01. The van der Waals surface area contributed by atoms with Crippen LogP contribution in [0.4, 0.5) is 0 Å². The van der Waals surface area contributed by atoms with Crippen molar-refractivity contribution in [2.24, 2.45) is 5.92 Å². The molecule has 0 fully saturated rings. The molecule has 0 nitrogen and oxygen atoms in total. The van der Waals surface area contributed by atoms with Gasteiger partial charge in [-0.1, -0.05) is 106 Å². The molecule has 0 radical (unpaired) electrons. The molecule has 0 aliphatic carbocycles. The van der Waals surface area contributed by atoms with Gasteiger partial charge >= 0.3 is 0 Å². The molecule has 0 spiro atoms. The summed E-state index contributed by atoms with van der Waals surface area (Å²) in [5.74, 6) is 0.901. The normalized spacial score (nSPS) is 11.1. The molecule has 0 unspecified atom stereocenters. The van der Waals surface area contributed by atoms with E-state index in [9.17, 15) is 0 Å². The van der Waals surface area contributed by atoms with Crippen molar-refractivity contribution in [3.8, 4) is 0 Å². The fourth-order valence-corrected chi connectivity index (χ4v) is 3.43. The number of aryl methyl sites for hydroxylation is 2. The van der Waals surface area contributed by atoms with E-state index in [4.69, 9.17) is 0 Å². The van der Waals surface area contributed by atoms with E-state index < -0.39 is 0 Å². The first-order valence-electron chi connectivity index (χ1n) is 9.92. The molecule has 0 N–H and O–H groups in total. The zero-order chi connectivity index (χ0) is 16.9. The van der Waals surface area contributed by atoms with E-state index in [0.717, 1.165) is 5.92 Å². The maximum Gasteiger partial charge on any atom is -0.0279 e. The topological polar surface area (TPSA) is 0 Å². The van der Waals surface area contributed by atoms with Gasteiger partial charge in [-0.2, -0.15) is 0 Å². The van der Waals surface area contributed by atoms with Crippen LogP contribution in [0.3, 0.4) is 0 Å². The molecule has 0 saturated heterocycles. The first-order chi connectivity index (χ1) is 11.8. The van der Waals surface area contributed by atoms with Gasteiger partial charge in [-0.3, -0.25) is 0 Å². The van der Waals surface area contributed by atoms with Gasteiger partial charge in [-0.05, 0) is 42.7 Å². The van der Waals surface area contributed by atoms with Gasteiger partial charge in [-0.15, -0.1) is 0 Å². The van der Waals surface area contributed by atoms with E-state index >= 15 is 0 Å². The Morgan fingerprint density at radius 2 is 0.958 bits per heavy atom. The maximum absolute atomic E-state index is 2.44. The molecular weight excluding hydrogens is 288 g/mol. The van der Waals surface area contributed by atoms with Crippen LogP contribution in [0.25, 0.3) is 0 Å². The molecule has 130 valence electrons. The summed E-state index contributed by atoms with van der Waals surface area (Å²) in [6, 6.07) is 21.8. The Morgan fingerprint density at radius 1 is 0.542 bits per heavy atom. The summed E-state index contributed by atoms with van der Waals surface area (Å²) >= 11 is 0. The quantitative estimate of drug-likeness (QED) is 0.362. The molecule has 2 aromatic rings. The second-order valence-corrected chi connectivity index (χ2v) is 7.28. The lowest BCUT2D eigenvalue weighted by molar-refractivity contribution is 0.438. The van der Waals surface area contributed by atoms with Gasteiger partial charge < -0.3 is 0 Å². The Kier molecular flexibility index (Phi) is 9.31. The second-order valence-electron chi connectivity index (χ2n) is 7.28. The zero-order valence-electron chi connectivity index (χ0n) is 15.4. The fourth-order valence-electron chi connectivity index (χ4n) is 3.43. The van der Waals surface area contributed by atoms with Crippen molar-refractivity contribution < 1.29 is 0 Å². The molecule has 24 heavy (non-hydrogen) atoms. The monoisotopic (exact) mass is 322 g/mol. The van der Waals surface area contributed by atoms with E-state index in [-0.39, 0.29) is 0 Å². The predicted molar refractivity (Wildman–Crippen MR) is 106 cm³/mol. The van der Waals surface area contributed by atoms with E-state index in [1.807, 2.05) is 0 Å². The Hall–Kier alpha value is -1.56. The largest absolute Gasteiger partial charge is 0.0625 e. The molecule has 0 amide bonds. The van der Waals surface area contributed by atoms with Crippen molar-refractivity contribution in [2.75, 3.05) is 0 Å². The summed E-state index contributed by atoms with van der Waals surface area (Å²) < 4.78 is 0. The van der Waals surface area contributed by atoms with Gasteiger partial charge in [-0.25, -0.2) is 0 Å². The lowest BCUT2D eigenvalue weighted by Crippen LogP contribution is -1.96. The summed E-state index contributed by atoms with van der Waals surface area (Å²) in [6.45, 7) is 2.44. The Labute approximate surface area is 149 Å². The number of hydrogen-bond acceptors (Lipinski definition) is 0. The zero-order valence-corrected chi connectivity index (χ0v) is 15.4. The highest BCUT2D eigenvalue weighted by molar-refractivity contribution is 5.15. The van der Waals surface area contributed by atoms with Crippen molar-refractivity contribution in [1.29, 1.82) is 0 Å². The first kappa shape index (κ1) is 18.8. The molecule has 0 saturated carbocycles. The van der Waals surface area contributed by atoms with Gasteiger partial charge in [0.1, 0.15) is 0 Å². The lowest BCUT2D eigenvalue weighted by atomic mass is 9.95. The molecule has 2 rings (SSSR count). The molecule has 0 atom stereocenters. The predicted octanol–water partition coefficient (Wildman–Crippen LogP) is 7.23. The molecule has 0 aliphatic heterocycles. The third kappa shape index (κ3) is 8.34. The standard InChI is InChI=1S/C24H34/c1-22(14-6-2-8-16-23-18-10-4-11-19-23)15-7-3-9-17-24-20-12-5-13-21-24/h4-5,10-13,18-22H,2-3,6-9,14-17H2,1H3. The molecule has 0 aromatic heterocycles. The Balaban J connectivity index is 1.42. The lowest BCUT2D eigenvalue weighted by Gasteiger charge is -2.11. The smallest absolute Gasteiger partial charge is 0.0279 e. The van der Waals surface area contributed by atoms with Crippen LogP contribution in [0.15, 0.2) is 60.7 Å². The second kappa shape index (κ2) is 11.9. The molecular formula is C24H34. The number of benzene rings is 2. The molecule has 2 aromatic carbocycles. The van der Waals surface area contributed by atoms with Crippen LogP contribution in [0.1, 0.15) is 69.4 Å². The molecule has 0 heteroatoms. The van der Waals surface area contributed by atoms with Crippen molar-refractivity contribution in [3.05, 3.63) is 71.8 Å². The highest BCUT2D eigenvalue weighted by atomic mass is 14.1. The van der Waals surface area contributed by atoms with E-state index in [0.29, 0.717) is 0 Å². The Morgan fingerprint density at radius 3 is 1.38 bits per heavy atom. The van der Waals surface area contributed by atoms with Gasteiger partial charge in [0.25, 0.3) is 0 Å². The summed E-state index contributed by atoms with van der Waals surface area (Å²) in [5.41, 5.74) is 2.98. The molecule has 0 aliphatic rings. The maximum atomic E-state index is 2.44. The van der Waals surface area contributed by atoms with Gasteiger partial charge in [0.15, 0.2) is 0 Å². The first-order valence-corrected chi connectivity index (χ1v) is 9.92. The minimum Gasteiger partial charge on any atom is -0.0625 e. The summed E-state index contributed by atoms with van der Waals surface area (Å²) in [4.78, 5) is 0. The highest BCUT2D eigenvalue weighted by Gasteiger charge is 2.02. The van der Waals surface area contributed by atoms with Crippen molar-refractivity contribution in [1.82, 2.24) is 0 Å². The van der Waals surface area contributed by atoms with Crippen LogP contribution in [0.5, 0.6) is 0 Å². The van der Waals surface area contributed by atoms with Crippen molar-refractivity contribution in [3.63, 3.8) is 0 Å². The van der Waals surface area contributed by atoms with Crippen LogP contribution in [0.2, 0.25) is 0 Å². The third-order valence-corrected chi connectivity index (χ3v) is 5.01. The minimum atomic E-state index is 0.901. The fraction of sp³-hybridized carbons (Fsp3) is 0.500. The molecule has 0 bridgehead atoms. The van der Waals surface area contributed by atoms with Gasteiger partial charge in [0.05, 0.1) is 0 Å². The van der Waals surface area contributed by atoms with Gasteiger partial charge in [0, 0.05) is 0 Å². The Bertz CT molecular complexity index is 465. The number of unbranched alkanes of at least 4 members (excludes halogenated alkanes) is 4. The van der Waals surface area contributed by atoms with Crippen LogP contribution >= 0.6 is 0 Å². The van der Waals surface area contributed by atoms with Crippen LogP contribution in [-0.2, 0) is 12.8 Å². The van der Waals surface area contributed by atoms with Crippen molar-refractivity contribution >= 4 is 0 Å². The van der Waals surface area contributed by atoms with Gasteiger partial charge in [0.2, 0.25) is 0 Å². The average molecular weight is 323 g/mol. The van der Waals surface area contributed by atoms with E-state index in [2.05, 4.69) is 67.6 Å². The number of hydrogen-bond donors (Lipinski definition) is 0. The average Bonchev–Trinajstić information content (AvgIpc) is 2.63.